The molecule has 1 atom stereocenters. The lowest BCUT2D eigenvalue weighted by atomic mass is 10.0. The van der Waals surface area contributed by atoms with Crippen LogP contribution < -0.4 is 19.7 Å². The van der Waals surface area contributed by atoms with Crippen molar-refractivity contribution in [3.8, 4) is 11.5 Å². The minimum Gasteiger partial charge on any atom is -0.497 e. The number of hydrogen-bond acceptors (Lipinski definition) is 4. The lowest BCUT2D eigenvalue weighted by molar-refractivity contribution is -0.127. The van der Waals surface area contributed by atoms with Gasteiger partial charge in [-0.3, -0.25) is 9.59 Å². The third-order valence-electron chi connectivity index (χ3n) is 3.67. The maximum atomic E-state index is 12.3. The molecule has 0 saturated carbocycles. The highest BCUT2D eigenvalue weighted by Crippen LogP contribution is 2.35. The van der Waals surface area contributed by atoms with Crippen LogP contribution in [0.3, 0.4) is 0 Å². The predicted octanol–water partition coefficient (Wildman–Crippen LogP) is 1.97. The van der Waals surface area contributed by atoms with Gasteiger partial charge in [0.1, 0.15) is 11.5 Å². The van der Waals surface area contributed by atoms with Gasteiger partial charge in [-0.05, 0) is 32.9 Å². The molecule has 6 nitrogen and oxygen atoms in total. The molecule has 0 unspecified atom stereocenters. The summed E-state index contributed by atoms with van der Waals surface area (Å²) in [5.74, 6) is 0.672. The fraction of sp³-hybridized carbons (Fsp3) is 0.529. The van der Waals surface area contributed by atoms with Crippen molar-refractivity contribution in [1.82, 2.24) is 5.32 Å². The highest BCUT2D eigenvalue weighted by Gasteiger charge is 2.37. The van der Waals surface area contributed by atoms with Crippen molar-refractivity contribution >= 4 is 17.5 Å². The second-order valence-corrected chi connectivity index (χ2v) is 6.68. The molecule has 1 aromatic rings. The van der Waals surface area contributed by atoms with Gasteiger partial charge in [-0.2, -0.15) is 0 Å². The minimum atomic E-state index is -0.353. The number of methoxy groups -OCH3 is 2. The Hall–Kier alpha value is -2.24. The van der Waals surface area contributed by atoms with E-state index in [9.17, 15) is 9.59 Å². The van der Waals surface area contributed by atoms with Gasteiger partial charge in [0.2, 0.25) is 11.8 Å². The molecule has 0 aliphatic carbocycles. The van der Waals surface area contributed by atoms with Gasteiger partial charge in [-0.1, -0.05) is 0 Å². The Morgan fingerprint density at radius 1 is 1.26 bits per heavy atom. The van der Waals surface area contributed by atoms with E-state index in [0.29, 0.717) is 23.7 Å². The number of anilines is 1. The molecule has 0 spiro atoms. The summed E-state index contributed by atoms with van der Waals surface area (Å²) in [6.45, 7) is 6.12. The molecular weight excluding hydrogens is 296 g/mol. The molecule has 1 N–H and O–H groups in total. The summed E-state index contributed by atoms with van der Waals surface area (Å²) in [6.07, 6.45) is 0.205. The van der Waals surface area contributed by atoms with Crippen LogP contribution in [0.2, 0.25) is 0 Å². The summed E-state index contributed by atoms with van der Waals surface area (Å²) in [4.78, 5) is 26.2. The molecule has 126 valence electrons. The van der Waals surface area contributed by atoms with E-state index in [-0.39, 0.29) is 29.7 Å². The van der Waals surface area contributed by atoms with Crippen molar-refractivity contribution < 1.29 is 19.1 Å². The van der Waals surface area contributed by atoms with Gasteiger partial charge in [0.05, 0.1) is 25.8 Å². The molecule has 0 aromatic heterocycles. The largest absolute Gasteiger partial charge is 0.497 e. The third-order valence-corrected chi connectivity index (χ3v) is 3.67. The van der Waals surface area contributed by atoms with Crippen LogP contribution in [0.5, 0.6) is 11.5 Å². The molecule has 1 heterocycles. The number of benzene rings is 1. The number of nitrogens with zero attached hydrogens (tertiary/aromatic N) is 1. The van der Waals surface area contributed by atoms with Gasteiger partial charge in [0, 0.05) is 24.6 Å². The summed E-state index contributed by atoms with van der Waals surface area (Å²) >= 11 is 0. The highest BCUT2D eigenvalue weighted by atomic mass is 16.5. The predicted molar refractivity (Wildman–Crippen MR) is 87.9 cm³/mol. The zero-order chi connectivity index (χ0) is 17.2. The third kappa shape index (κ3) is 3.94. The molecule has 1 aliphatic rings. The highest BCUT2D eigenvalue weighted by molar-refractivity contribution is 6.01. The zero-order valence-corrected chi connectivity index (χ0v) is 14.3. The van der Waals surface area contributed by atoms with Crippen LogP contribution in [0.1, 0.15) is 27.2 Å². The number of carbonyl (C=O) groups excluding carboxylic acids is 2. The van der Waals surface area contributed by atoms with Crippen molar-refractivity contribution in [2.45, 2.75) is 32.7 Å². The maximum absolute atomic E-state index is 12.3. The molecule has 1 saturated heterocycles. The number of ether oxygens (including phenoxy) is 2. The van der Waals surface area contributed by atoms with E-state index < -0.39 is 0 Å². The Labute approximate surface area is 136 Å². The van der Waals surface area contributed by atoms with E-state index in [0.717, 1.165) is 0 Å². The van der Waals surface area contributed by atoms with Crippen LogP contribution in [-0.2, 0) is 9.59 Å². The summed E-state index contributed by atoms with van der Waals surface area (Å²) < 4.78 is 10.5. The van der Waals surface area contributed by atoms with E-state index in [1.54, 1.807) is 37.3 Å². The Balaban J connectivity index is 2.19. The minimum absolute atomic E-state index is 0.0810. The quantitative estimate of drug-likeness (QED) is 0.921. The van der Waals surface area contributed by atoms with Crippen LogP contribution >= 0.6 is 0 Å². The smallest absolute Gasteiger partial charge is 0.227 e. The number of hydrogen-bond donors (Lipinski definition) is 1. The topological polar surface area (TPSA) is 67.9 Å². The standard InChI is InChI=1S/C17H24N2O4/c1-17(2,3)18-16(21)11-8-15(20)19(10-11)13-7-6-12(22-4)9-14(13)23-5/h6-7,9,11H,8,10H2,1-5H3,(H,18,21)/t11-/m0/s1. The lowest BCUT2D eigenvalue weighted by Crippen LogP contribution is -2.44. The van der Waals surface area contributed by atoms with E-state index in [2.05, 4.69) is 5.32 Å². The van der Waals surface area contributed by atoms with Crippen LogP contribution in [0.15, 0.2) is 18.2 Å². The maximum Gasteiger partial charge on any atom is 0.227 e. The van der Waals surface area contributed by atoms with Crippen molar-refractivity contribution in [2.24, 2.45) is 5.92 Å². The van der Waals surface area contributed by atoms with E-state index in [1.165, 1.54) is 0 Å². The van der Waals surface area contributed by atoms with E-state index in [1.807, 2.05) is 20.8 Å². The number of carbonyl (C=O) groups is 2. The molecular formula is C17H24N2O4. The first-order chi connectivity index (χ1) is 10.7. The van der Waals surface area contributed by atoms with Crippen LogP contribution in [0, 0.1) is 5.92 Å². The normalized spacial score (nSPS) is 18.0. The van der Waals surface area contributed by atoms with Crippen LogP contribution in [-0.4, -0.2) is 38.1 Å². The molecule has 0 bridgehead atoms. The molecule has 1 aromatic carbocycles. The van der Waals surface area contributed by atoms with Crippen LogP contribution in [0.25, 0.3) is 0 Å². The molecule has 1 aliphatic heterocycles. The molecule has 6 heteroatoms. The van der Waals surface area contributed by atoms with Gasteiger partial charge in [-0.25, -0.2) is 0 Å². The van der Waals surface area contributed by atoms with Crippen molar-refractivity contribution in [3.05, 3.63) is 18.2 Å². The van der Waals surface area contributed by atoms with Gasteiger partial charge >= 0.3 is 0 Å². The van der Waals surface area contributed by atoms with Crippen molar-refractivity contribution in [1.29, 1.82) is 0 Å². The summed E-state index contributed by atoms with van der Waals surface area (Å²) in [5, 5.41) is 2.93. The zero-order valence-electron chi connectivity index (χ0n) is 14.3. The van der Waals surface area contributed by atoms with Crippen molar-refractivity contribution in [2.75, 3.05) is 25.7 Å². The first kappa shape index (κ1) is 17.1. The summed E-state index contributed by atoms with van der Waals surface area (Å²) in [5.41, 5.74) is 0.343. The molecule has 23 heavy (non-hydrogen) atoms. The van der Waals surface area contributed by atoms with Crippen molar-refractivity contribution in [3.63, 3.8) is 0 Å². The van der Waals surface area contributed by atoms with Gasteiger partial charge < -0.3 is 19.7 Å². The first-order valence-electron chi connectivity index (χ1n) is 7.59. The monoisotopic (exact) mass is 320 g/mol. The number of rotatable bonds is 4. The SMILES string of the molecule is COc1ccc(N2C[C@@H](C(=O)NC(C)(C)C)CC2=O)c(OC)c1. The molecule has 0 radical (unpaired) electrons. The van der Waals surface area contributed by atoms with Gasteiger partial charge in [0.25, 0.3) is 0 Å². The Morgan fingerprint density at radius 3 is 2.52 bits per heavy atom. The number of amides is 2. The van der Waals surface area contributed by atoms with Gasteiger partial charge in [-0.15, -0.1) is 0 Å². The summed E-state index contributed by atoms with van der Waals surface area (Å²) in [7, 11) is 3.12. The lowest BCUT2D eigenvalue weighted by Gasteiger charge is -2.23. The molecule has 2 amide bonds. The summed E-state index contributed by atoms with van der Waals surface area (Å²) in [6, 6.07) is 5.28. The van der Waals surface area contributed by atoms with Crippen LogP contribution in [0.4, 0.5) is 5.69 Å². The number of nitrogens with one attached hydrogen (secondary N) is 1. The average molecular weight is 320 g/mol. The van der Waals surface area contributed by atoms with E-state index >= 15 is 0 Å². The molecule has 1 fully saturated rings. The molecule has 2 rings (SSSR count). The van der Waals surface area contributed by atoms with Gasteiger partial charge in [0.15, 0.2) is 0 Å². The Morgan fingerprint density at radius 2 is 1.96 bits per heavy atom. The first-order valence-corrected chi connectivity index (χ1v) is 7.59. The Kier molecular flexibility index (Phi) is 4.82. The fourth-order valence-corrected chi connectivity index (χ4v) is 2.60. The average Bonchev–Trinajstić information content (AvgIpc) is 2.86. The fourth-order valence-electron chi connectivity index (χ4n) is 2.60. The second-order valence-electron chi connectivity index (χ2n) is 6.68. The Bertz CT molecular complexity index is 607. The second kappa shape index (κ2) is 6.48. The van der Waals surface area contributed by atoms with E-state index in [4.69, 9.17) is 9.47 Å².